The van der Waals surface area contributed by atoms with Gasteiger partial charge in [-0.2, -0.15) is 0 Å². The molecule has 1 amide bonds. The van der Waals surface area contributed by atoms with Crippen LogP contribution in [-0.2, 0) is 0 Å². The first-order valence-corrected chi connectivity index (χ1v) is 10.0. The van der Waals surface area contributed by atoms with Gasteiger partial charge in [0.05, 0.1) is 5.02 Å². The molecule has 3 aromatic rings. The van der Waals surface area contributed by atoms with Crippen LogP contribution in [0.15, 0.2) is 54.7 Å². The molecule has 0 unspecified atom stereocenters. The van der Waals surface area contributed by atoms with E-state index in [0.717, 1.165) is 37.2 Å². The van der Waals surface area contributed by atoms with Gasteiger partial charge in [-0.05, 0) is 49.2 Å². The molecule has 1 N–H and O–H groups in total. The maximum atomic E-state index is 12.8. The Hall–Kier alpha value is -2.34. The summed E-state index contributed by atoms with van der Waals surface area (Å²) in [5.41, 5.74) is 4.92. The normalized spacial score (nSPS) is 14.8. The average molecular weight is 415 g/mol. The Labute approximate surface area is 173 Å². The second-order valence-corrected chi connectivity index (χ2v) is 7.61. The Bertz CT molecular complexity index is 978. The highest BCUT2D eigenvalue weighted by atomic mass is 35.5. The van der Waals surface area contributed by atoms with E-state index in [2.05, 4.69) is 10.4 Å². The Morgan fingerprint density at radius 2 is 1.68 bits per heavy atom. The van der Waals surface area contributed by atoms with Crippen molar-refractivity contribution in [2.24, 2.45) is 0 Å². The van der Waals surface area contributed by atoms with E-state index in [1.807, 2.05) is 46.0 Å². The number of aromatic nitrogens is 2. The number of amides is 1. The Balaban J connectivity index is 1.72. The summed E-state index contributed by atoms with van der Waals surface area (Å²) >= 11 is 12.4. The topological polar surface area (TPSA) is 50.2 Å². The predicted molar refractivity (Wildman–Crippen MR) is 112 cm³/mol. The maximum Gasteiger partial charge on any atom is 0.285 e. The van der Waals surface area contributed by atoms with Gasteiger partial charge >= 0.3 is 0 Å². The SMILES string of the molecule is O=C(NN1CCCCC1)c1cn(-c2ccc(Cl)cc2)c(-c2ccccc2Cl)n1. The lowest BCUT2D eigenvalue weighted by Crippen LogP contribution is -2.45. The zero-order valence-electron chi connectivity index (χ0n) is 15.2. The molecule has 0 bridgehead atoms. The van der Waals surface area contributed by atoms with Crippen LogP contribution in [0, 0.1) is 0 Å². The van der Waals surface area contributed by atoms with Crippen molar-refractivity contribution in [3.8, 4) is 17.1 Å². The van der Waals surface area contributed by atoms with Gasteiger partial charge in [0, 0.05) is 35.6 Å². The quantitative estimate of drug-likeness (QED) is 0.654. The van der Waals surface area contributed by atoms with Crippen LogP contribution in [0.5, 0.6) is 0 Å². The third-order valence-corrected chi connectivity index (χ3v) is 5.36. The number of hydrazine groups is 1. The molecule has 1 aliphatic heterocycles. The monoisotopic (exact) mass is 414 g/mol. The molecule has 28 heavy (non-hydrogen) atoms. The lowest BCUT2D eigenvalue weighted by atomic mass is 10.2. The van der Waals surface area contributed by atoms with E-state index in [4.69, 9.17) is 23.2 Å². The number of carbonyl (C=O) groups excluding carboxylic acids is 1. The minimum absolute atomic E-state index is 0.220. The molecule has 1 aromatic heterocycles. The minimum atomic E-state index is -0.220. The first kappa shape index (κ1) is 19.0. The molecule has 0 aliphatic carbocycles. The molecule has 4 rings (SSSR count). The molecule has 0 saturated carbocycles. The van der Waals surface area contributed by atoms with E-state index in [9.17, 15) is 4.79 Å². The summed E-state index contributed by atoms with van der Waals surface area (Å²) in [6.45, 7) is 1.72. The molecule has 0 radical (unpaired) electrons. The van der Waals surface area contributed by atoms with Crippen LogP contribution in [0.4, 0.5) is 0 Å². The third kappa shape index (κ3) is 4.07. The van der Waals surface area contributed by atoms with E-state index in [0.29, 0.717) is 21.6 Å². The average Bonchev–Trinajstić information content (AvgIpc) is 3.15. The van der Waals surface area contributed by atoms with Gasteiger partial charge in [-0.1, -0.05) is 41.8 Å². The maximum absolute atomic E-state index is 12.8. The number of nitrogens with one attached hydrogen (secondary N) is 1. The van der Waals surface area contributed by atoms with Crippen LogP contribution in [-0.4, -0.2) is 33.6 Å². The molecule has 0 atom stereocenters. The largest absolute Gasteiger partial charge is 0.299 e. The van der Waals surface area contributed by atoms with Gasteiger partial charge in [-0.3, -0.25) is 14.8 Å². The summed E-state index contributed by atoms with van der Waals surface area (Å²) in [7, 11) is 0. The Kier molecular flexibility index (Phi) is 5.67. The number of hydrogen-bond acceptors (Lipinski definition) is 3. The van der Waals surface area contributed by atoms with Gasteiger partial charge in [0.2, 0.25) is 0 Å². The Morgan fingerprint density at radius 3 is 2.39 bits per heavy atom. The lowest BCUT2D eigenvalue weighted by Gasteiger charge is -2.26. The van der Waals surface area contributed by atoms with Crippen molar-refractivity contribution in [1.29, 1.82) is 0 Å². The fraction of sp³-hybridized carbons (Fsp3) is 0.238. The minimum Gasteiger partial charge on any atom is -0.299 e. The van der Waals surface area contributed by atoms with E-state index in [-0.39, 0.29) is 5.91 Å². The molecule has 144 valence electrons. The summed E-state index contributed by atoms with van der Waals surface area (Å²) in [5.74, 6) is 0.389. The molecule has 0 spiro atoms. The van der Waals surface area contributed by atoms with Crippen molar-refractivity contribution >= 4 is 29.1 Å². The zero-order chi connectivity index (χ0) is 19.5. The first-order chi connectivity index (χ1) is 13.6. The summed E-state index contributed by atoms with van der Waals surface area (Å²) in [5, 5.41) is 3.18. The molecule has 7 heteroatoms. The number of halogens is 2. The molecule has 2 aromatic carbocycles. The van der Waals surface area contributed by atoms with Crippen LogP contribution >= 0.6 is 23.2 Å². The summed E-state index contributed by atoms with van der Waals surface area (Å²) < 4.78 is 1.86. The van der Waals surface area contributed by atoms with Crippen LogP contribution in [0.2, 0.25) is 10.0 Å². The number of nitrogens with zero attached hydrogens (tertiary/aromatic N) is 3. The standard InChI is InChI=1S/C21H20Cl2N4O/c22-15-8-10-16(11-9-15)27-14-19(21(28)25-26-12-4-1-5-13-26)24-20(27)17-6-2-3-7-18(17)23/h2-3,6-11,14H,1,4-5,12-13H2,(H,25,28). The highest BCUT2D eigenvalue weighted by molar-refractivity contribution is 6.33. The molecule has 2 heterocycles. The number of hydrogen-bond donors (Lipinski definition) is 1. The first-order valence-electron chi connectivity index (χ1n) is 9.28. The van der Waals surface area contributed by atoms with Crippen LogP contribution in [0.25, 0.3) is 17.1 Å². The van der Waals surface area contributed by atoms with Gasteiger partial charge in [0.15, 0.2) is 0 Å². The number of imidazole rings is 1. The van der Waals surface area contributed by atoms with Gasteiger partial charge < -0.3 is 0 Å². The van der Waals surface area contributed by atoms with E-state index >= 15 is 0 Å². The van der Waals surface area contributed by atoms with Crippen molar-refractivity contribution in [2.75, 3.05) is 13.1 Å². The van der Waals surface area contributed by atoms with Crippen molar-refractivity contribution in [1.82, 2.24) is 20.0 Å². The number of carbonyl (C=O) groups is 1. The molecular formula is C21H20Cl2N4O. The van der Waals surface area contributed by atoms with Crippen molar-refractivity contribution in [2.45, 2.75) is 19.3 Å². The Morgan fingerprint density at radius 1 is 0.964 bits per heavy atom. The van der Waals surface area contributed by atoms with Crippen molar-refractivity contribution in [3.05, 3.63) is 70.5 Å². The molecule has 1 aliphatic rings. The van der Waals surface area contributed by atoms with Crippen LogP contribution in [0.3, 0.4) is 0 Å². The highest BCUT2D eigenvalue weighted by Crippen LogP contribution is 2.29. The van der Waals surface area contributed by atoms with Gasteiger partial charge in [0.25, 0.3) is 5.91 Å². The number of benzene rings is 2. The van der Waals surface area contributed by atoms with Crippen molar-refractivity contribution < 1.29 is 4.79 Å². The van der Waals surface area contributed by atoms with E-state index < -0.39 is 0 Å². The van der Waals surface area contributed by atoms with E-state index in [1.54, 1.807) is 18.3 Å². The van der Waals surface area contributed by atoms with Gasteiger partial charge in [0.1, 0.15) is 11.5 Å². The smallest absolute Gasteiger partial charge is 0.285 e. The van der Waals surface area contributed by atoms with Crippen LogP contribution in [0.1, 0.15) is 29.8 Å². The summed E-state index contributed by atoms with van der Waals surface area (Å²) in [6.07, 6.45) is 5.12. The van der Waals surface area contributed by atoms with Gasteiger partial charge in [-0.25, -0.2) is 9.99 Å². The summed E-state index contributed by atoms with van der Waals surface area (Å²) in [4.78, 5) is 17.4. The lowest BCUT2D eigenvalue weighted by molar-refractivity contribution is 0.0745. The molecule has 1 fully saturated rings. The van der Waals surface area contributed by atoms with E-state index in [1.165, 1.54) is 6.42 Å². The molecule has 1 saturated heterocycles. The summed E-state index contributed by atoms with van der Waals surface area (Å²) in [6, 6.07) is 14.9. The fourth-order valence-electron chi connectivity index (χ4n) is 3.33. The predicted octanol–water partition coefficient (Wildman–Crippen LogP) is 4.98. The van der Waals surface area contributed by atoms with Crippen molar-refractivity contribution in [3.63, 3.8) is 0 Å². The highest BCUT2D eigenvalue weighted by Gasteiger charge is 2.20. The molecular weight excluding hydrogens is 395 g/mol. The molecule has 5 nitrogen and oxygen atoms in total. The fourth-order valence-corrected chi connectivity index (χ4v) is 3.67. The van der Waals surface area contributed by atoms with Crippen LogP contribution < -0.4 is 5.43 Å². The number of rotatable bonds is 4. The second-order valence-electron chi connectivity index (χ2n) is 6.76. The number of piperidine rings is 1. The zero-order valence-corrected chi connectivity index (χ0v) is 16.7. The third-order valence-electron chi connectivity index (χ3n) is 4.77. The second kappa shape index (κ2) is 8.35. The van der Waals surface area contributed by atoms with Gasteiger partial charge in [-0.15, -0.1) is 0 Å².